The fourth-order valence-electron chi connectivity index (χ4n) is 16.3. The van der Waals surface area contributed by atoms with Gasteiger partial charge in [0.05, 0.1) is 24.3 Å². The van der Waals surface area contributed by atoms with Gasteiger partial charge >= 0.3 is 11.9 Å². The number of carbonyl (C=O) groups excluding carboxylic acids is 2. The van der Waals surface area contributed by atoms with Crippen LogP contribution in [0.5, 0.6) is 23.0 Å². The second kappa shape index (κ2) is 32.6. The maximum atomic E-state index is 14.8. The van der Waals surface area contributed by atoms with Gasteiger partial charge in [0, 0.05) is 11.1 Å². The predicted molar refractivity (Wildman–Crippen MR) is 391 cm³/mol. The summed E-state index contributed by atoms with van der Waals surface area (Å²) >= 11 is 0. The zero-order valence-corrected chi connectivity index (χ0v) is 56.9. The van der Waals surface area contributed by atoms with Gasteiger partial charge in [-0.1, -0.05) is 215 Å². The van der Waals surface area contributed by atoms with Crippen molar-refractivity contribution in [2.75, 3.05) is 13.2 Å². The van der Waals surface area contributed by atoms with Gasteiger partial charge in [0.15, 0.2) is 0 Å². The van der Waals surface area contributed by atoms with E-state index in [2.05, 4.69) is 113 Å². The molecule has 2 atom stereocenters. The van der Waals surface area contributed by atoms with Crippen molar-refractivity contribution < 1.29 is 28.5 Å². The van der Waals surface area contributed by atoms with Crippen LogP contribution in [0.3, 0.4) is 0 Å². The Morgan fingerprint density at radius 2 is 0.734 bits per heavy atom. The maximum Gasteiger partial charge on any atom is 0.343 e. The third-order valence-corrected chi connectivity index (χ3v) is 21.9. The number of benzene rings is 8. The summed E-state index contributed by atoms with van der Waals surface area (Å²) in [6.07, 6.45) is 37.6. The molecule has 0 bridgehead atoms. The largest absolute Gasteiger partial charge is 0.494 e. The molecule has 2 saturated carbocycles. The third kappa shape index (κ3) is 16.5. The van der Waals surface area contributed by atoms with Crippen molar-refractivity contribution >= 4 is 44.6 Å². The third-order valence-electron chi connectivity index (χ3n) is 21.9. The zero-order chi connectivity index (χ0) is 64.6. The molecule has 8 aromatic carbocycles. The smallest absolute Gasteiger partial charge is 0.343 e. The SMILES string of the molecule is CCCCCCOc1ccc(-c2ccc(C(=O)Oc3ccc4cc(C5=CCC([C@H]6CC[C@H](CCC)CC6)CC5)ccc4c3-c3c(OC(=O)c4ccc(-c5ccc(OCCCCCC)cc5)cc4)ccc4cc(C5=CC[C@@H]([C@H]6CC[C@H](CCC)CC6)CC5)ccc34)cc2)cc1. The Morgan fingerprint density at radius 3 is 1.09 bits per heavy atom. The molecule has 0 aromatic heterocycles. The minimum absolute atomic E-state index is 0.392. The van der Waals surface area contributed by atoms with Gasteiger partial charge in [-0.05, 0) is 251 Å². The molecule has 0 amide bonds. The summed E-state index contributed by atoms with van der Waals surface area (Å²) in [7, 11) is 0. The summed E-state index contributed by atoms with van der Waals surface area (Å²) in [5.74, 6) is 6.55. The van der Waals surface area contributed by atoms with Gasteiger partial charge in [-0.25, -0.2) is 9.59 Å². The second-order valence-corrected chi connectivity index (χ2v) is 28.2. The Hall–Kier alpha value is -7.70. The number of carbonyl (C=O) groups is 2. The van der Waals surface area contributed by atoms with E-state index in [0.29, 0.717) is 47.0 Å². The number of allylic oxidation sites excluding steroid dienone is 4. The van der Waals surface area contributed by atoms with Gasteiger partial charge in [-0.3, -0.25) is 0 Å². The first kappa shape index (κ1) is 66.3. The molecular weight excluding hydrogens is 1150 g/mol. The van der Waals surface area contributed by atoms with Crippen molar-refractivity contribution in [2.45, 2.75) is 195 Å². The number of esters is 2. The number of hydrogen-bond donors (Lipinski definition) is 0. The van der Waals surface area contributed by atoms with Crippen LogP contribution in [0.15, 0.2) is 170 Å². The molecule has 0 N–H and O–H groups in total. The first-order valence-corrected chi connectivity index (χ1v) is 36.9. The Labute approximate surface area is 562 Å². The molecule has 0 saturated heterocycles. The van der Waals surface area contributed by atoms with Gasteiger partial charge in [-0.15, -0.1) is 0 Å². The van der Waals surface area contributed by atoms with E-state index in [0.717, 1.165) is 129 Å². The summed E-state index contributed by atoms with van der Waals surface area (Å²) in [6.45, 7) is 10.5. The first-order valence-electron chi connectivity index (χ1n) is 36.9. The van der Waals surface area contributed by atoms with Crippen LogP contribution in [-0.2, 0) is 0 Å². The molecule has 490 valence electrons. The highest BCUT2D eigenvalue weighted by Crippen LogP contribution is 2.49. The minimum Gasteiger partial charge on any atom is -0.494 e. The zero-order valence-electron chi connectivity index (χ0n) is 56.9. The molecule has 6 heteroatoms. The summed E-state index contributed by atoms with van der Waals surface area (Å²) in [4.78, 5) is 29.6. The summed E-state index contributed by atoms with van der Waals surface area (Å²) in [5, 5.41) is 3.87. The standard InChI is InChI=1S/C88H102O6/c1-5-9-11-13-57-91-79-49-41-69(42-50-79)67-33-37-73(38-34-67)87(89)93-83-55-47-77-59-75(71-29-25-65(26-30-71)63-21-17-61(15-7-3)18-22-63)45-53-81(77)85(83)86-82-54-46-76(72-31-27-66(28-32-72)64-23-19-62(16-8-4)20-24-64)60-78(82)48-56-84(86)94-88(90)74-39-35-68(36-40-74)70-43-51-80(52-44-70)92-58-14-12-10-6-2/h29,31,33-56,59-66H,5-28,30,32,57-58H2,1-4H3/t61-,62-,63-,64-,65-,66?/m1/s1. The Balaban J connectivity index is 0.881. The highest BCUT2D eigenvalue weighted by molar-refractivity contribution is 6.12. The lowest BCUT2D eigenvalue weighted by Gasteiger charge is -2.35. The van der Waals surface area contributed by atoms with Crippen LogP contribution in [0, 0.1) is 35.5 Å². The van der Waals surface area contributed by atoms with Gasteiger partial charge in [-0.2, -0.15) is 0 Å². The molecule has 0 spiro atoms. The average molecular weight is 1260 g/mol. The Bertz CT molecular complexity index is 3600. The monoisotopic (exact) mass is 1250 g/mol. The van der Waals surface area contributed by atoms with Crippen molar-refractivity contribution in [1.82, 2.24) is 0 Å². The lowest BCUT2D eigenvalue weighted by atomic mass is 9.70. The molecule has 12 rings (SSSR count). The van der Waals surface area contributed by atoms with Crippen molar-refractivity contribution in [2.24, 2.45) is 35.5 Å². The van der Waals surface area contributed by atoms with E-state index >= 15 is 0 Å². The van der Waals surface area contributed by atoms with Crippen LogP contribution in [0.2, 0.25) is 0 Å². The summed E-state index contributed by atoms with van der Waals surface area (Å²) in [6, 6.07) is 53.4. The Morgan fingerprint density at radius 1 is 0.362 bits per heavy atom. The van der Waals surface area contributed by atoms with Gasteiger partial charge in [0.25, 0.3) is 0 Å². The Kier molecular flexibility index (Phi) is 23.0. The van der Waals surface area contributed by atoms with Gasteiger partial charge < -0.3 is 18.9 Å². The topological polar surface area (TPSA) is 71.1 Å². The van der Waals surface area contributed by atoms with Crippen molar-refractivity contribution in [3.8, 4) is 56.4 Å². The van der Waals surface area contributed by atoms with Crippen LogP contribution in [-0.4, -0.2) is 25.2 Å². The fraction of sp³-hybridized carbons (Fsp3) is 0.432. The molecule has 0 radical (unpaired) electrons. The van der Waals surface area contributed by atoms with E-state index in [4.69, 9.17) is 18.9 Å². The van der Waals surface area contributed by atoms with Crippen molar-refractivity contribution in [3.05, 3.63) is 192 Å². The second-order valence-electron chi connectivity index (χ2n) is 28.2. The molecule has 4 aliphatic carbocycles. The van der Waals surface area contributed by atoms with E-state index < -0.39 is 11.9 Å². The van der Waals surface area contributed by atoms with Gasteiger partial charge in [0.2, 0.25) is 0 Å². The van der Waals surface area contributed by atoms with E-state index in [-0.39, 0.29) is 0 Å². The average Bonchev–Trinajstić information content (AvgIpc) is 0.750. The van der Waals surface area contributed by atoms with E-state index in [1.165, 1.54) is 151 Å². The van der Waals surface area contributed by atoms with Gasteiger partial charge in [0.1, 0.15) is 23.0 Å². The molecule has 0 heterocycles. The highest BCUT2D eigenvalue weighted by atomic mass is 16.5. The normalized spacial score (nSPS) is 19.9. The minimum atomic E-state index is -0.473. The molecule has 1 unspecified atom stereocenters. The number of fused-ring (bicyclic) bond motifs is 2. The number of hydrogen-bond acceptors (Lipinski definition) is 6. The molecular formula is C88H102O6. The number of unbranched alkanes of at least 4 members (excludes halogenated alkanes) is 6. The highest BCUT2D eigenvalue weighted by Gasteiger charge is 2.31. The van der Waals surface area contributed by atoms with E-state index in [1.807, 2.05) is 84.9 Å². The lowest BCUT2D eigenvalue weighted by Crippen LogP contribution is -2.23. The molecule has 4 aliphatic rings. The first-order chi connectivity index (χ1) is 46.2. The van der Waals surface area contributed by atoms with E-state index in [9.17, 15) is 9.59 Å². The summed E-state index contributed by atoms with van der Waals surface area (Å²) in [5.41, 5.74) is 11.6. The van der Waals surface area contributed by atoms with E-state index in [1.54, 1.807) is 0 Å². The summed E-state index contributed by atoms with van der Waals surface area (Å²) < 4.78 is 25.5. The van der Waals surface area contributed by atoms with Crippen LogP contribution in [0.4, 0.5) is 0 Å². The molecule has 94 heavy (non-hydrogen) atoms. The number of rotatable bonds is 27. The van der Waals surface area contributed by atoms with Crippen LogP contribution in [0.1, 0.15) is 226 Å². The molecule has 6 nitrogen and oxygen atoms in total. The maximum absolute atomic E-state index is 14.8. The number of ether oxygens (including phenoxy) is 4. The molecule has 8 aromatic rings. The van der Waals surface area contributed by atoms with Crippen LogP contribution < -0.4 is 18.9 Å². The van der Waals surface area contributed by atoms with Crippen molar-refractivity contribution in [3.63, 3.8) is 0 Å². The lowest BCUT2D eigenvalue weighted by molar-refractivity contribution is 0.0723. The predicted octanol–water partition coefficient (Wildman–Crippen LogP) is 24.9. The fourth-order valence-corrected chi connectivity index (χ4v) is 16.3. The van der Waals surface area contributed by atoms with Crippen molar-refractivity contribution in [1.29, 1.82) is 0 Å². The molecule has 2 fully saturated rings. The van der Waals surface area contributed by atoms with Crippen LogP contribution >= 0.6 is 0 Å². The van der Waals surface area contributed by atoms with Crippen LogP contribution in [0.25, 0.3) is 66.1 Å². The molecule has 0 aliphatic heterocycles. The quantitative estimate of drug-likeness (QED) is 0.0290.